The predicted octanol–water partition coefficient (Wildman–Crippen LogP) is 5.56. The number of carbonyl (C=O) groups excluding carboxylic acids is 2. The third-order valence-corrected chi connectivity index (χ3v) is 6.08. The van der Waals surface area contributed by atoms with Gasteiger partial charge < -0.3 is 19.2 Å². The molecule has 1 aliphatic rings. The summed E-state index contributed by atoms with van der Waals surface area (Å²) in [6, 6.07) is 22.9. The second-order valence-electron chi connectivity index (χ2n) is 8.36. The fourth-order valence-electron chi connectivity index (χ4n) is 3.65. The lowest BCUT2D eigenvalue weighted by Crippen LogP contribution is -2.32. The number of carbonyl (C=O) groups is 2. The number of rotatable bonds is 7. The Morgan fingerprint density at radius 1 is 0.947 bits per heavy atom. The molecule has 0 saturated carbocycles. The molecule has 190 valence electrons. The molecule has 0 bridgehead atoms. The Morgan fingerprint density at radius 2 is 1.76 bits per heavy atom. The summed E-state index contributed by atoms with van der Waals surface area (Å²) in [4.78, 5) is 25.8. The number of nitrogens with one attached hydrogen (secondary N) is 2. The molecule has 0 aliphatic carbocycles. The summed E-state index contributed by atoms with van der Waals surface area (Å²) < 4.78 is 16.5. The van der Waals surface area contributed by atoms with Crippen molar-refractivity contribution in [1.82, 2.24) is 10.7 Å². The van der Waals surface area contributed by atoms with E-state index in [1.807, 2.05) is 25.1 Å². The van der Waals surface area contributed by atoms with Crippen molar-refractivity contribution in [3.8, 4) is 22.8 Å². The maximum atomic E-state index is 13.0. The number of hydrogen-bond acceptors (Lipinski definition) is 6. The number of hydrazone groups is 1. The molecule has 1 aromatic heterocycles. The van der Waals surface area contributed by atoms with Gasteiger partial charge in [-0.1, -0.05) is 48.0 Å². The SMILES string of the molecule is Cc1ccc(-c2ccc(/C=N/NC(=O)/C(=C/c3ccc4c(c3)OCO4)NC(=O)c3ccccc3)o2)cc1Cl. The van der Waals surface area contributed by atoms with Gasteiger partial charge in [0.05, 0.1) is 6.21 Å². The second-order valence-corrected chi connectivity index (χ2v) is 8.76. The summed E-state index contributed by atoms with van der Waals surface area (Å²) in [5.74, 6) is 1.13. The van der Waals surface area contributed by atoms with Crippen molar-refractivity contribution >= 4 is 35.7 Å². The number of halogens is 1. The third-order valence-electron chi connectivity index (χ3n) is 5.68. The molecule has 3 aromatic carbocycles. The lowest BCUT2D eigenvalue weighted by atomic mass is 10.1. The zero-order chi connectivity index (χ0) is 26.5. The van der Waals surface area contributed by atoms with Crippen LogP contribution in [-0.4, -0.2) is 24.8 Å². The standard InChI is InChI=1S/C29H22ClN3O5/c1-18-7-9-21(15-23(18)30)25-12-10-22(38-25)16-31-33-29(35)24(32-28(34)20-5-3-2-4-6-20)13-19-8-11-26-27(14-19)37-17-36-26/h2-16H,17H2,1H3,(H,32,34)(H,33,35)/b24-13-,31-16+. The minimum atomic E-state index is -0.625. The summed E-state index contributed by atoms with van der Waals surface area (Å²) in [6.45, 7) is 2.05. The highest BCUT2D eigenvalue weighted by Crippen LogP contribution is 2.33. The zero-order valence-electron chi connectivity index (χ0n) is 20.2. The lowest BCUT2D eigenvalue weighted by molar-refractivity contribution is -0.117. The molecule has 0 radical (unpaired) electrons. The molecule has 5 rings (SSSR count). The largest absolute Gasteiger partial charge is 0.455 e. The first kappa shape index (κ1) is 24.9. The van der Waals surface area contributed by atoms with E-state index >= 15 is 0 Å². The Kier molecular flexibility index (Phi) is 7.24. The molecule has 0 fully saturated rings. The molecule has 0 saturated heterocycles. The lowest BCUT2D eigenvalue weighted by Gasteiger charge is -2.09. The van der Waals surface area contributed by atoms with Crippen LogP contribution < -0.4 is 20.2 Å². The van der Waals surface area contributed by atoms with Crippen LogP contribution in [-0.2, 0) is 4.79 Å². The van der Waals surface area contributed by atoms with Gasteiger partial charge in [0.2, 0.25) is 6.79 Å². The van der Waals surface area contributed by atoms with E-state index in [9.17, 15) is 9.59 Å². The van der Waals surface area contributed by atoms with Crippen molar-refractivity contribution < 1.29 is 23.5 Å². The summed E-state index contributed by atoms with van der Waals surface area (Å²) in [5, 5.41) is 7.30. The van der Waals surface area contributed by atoms with Crippen molar-refractivity contribution in [2.24, 2.45) is 5.10 Å². The number of nitrogens with zero attached hydrogens (tertiary/aromatic N) is 1. The van der Waals surface area contributed by atoms with Crippen LogP contribution in [0.4, 0.5) is 0 Å². The Balaban J connectivity index is 1.33. The maximum Gasteiger partial charge on any atom is 0.287 e. The zero-order valence-corrected chi connectivity index (χ0v) is 21.0. The quantitative estimate of drug-likeness (QED) is 0.186. The van der Waals surface area contributed by atoms with Crippen molar-refractivity contribution in [3.63, 3.8) is 0 Å². The average molecular weight is 528 g/mol. The van der Waals surface area contributed by atoms with Gasteiger partial charge in [0.25, 0.3) is 11.8 Å². The van der Waals surface area contributed by atoms with Gasteiger partial charge in [0, 0.05) is 16.1 Å². The van der Waals surface area contributed by atoms with Crippen LogP contribution in [0.2, 0.25) is 5.02 Å². The van der Waals surface area contributed by atoms with Gasteiger partial charge >= 0.3 is 0 Å². The summed E-state index contributed by atoms with van der Waals surface area (Å²) in [5.41, 5.74) is 5.25. The van der Waals surface area contributed by atoms with Crippen molar-refractivity contribution in [1.29, 1.82) is 0 Å². The van der Waals surface area contributed by atoms with Crippen LogP contribution in [0.1, 0.15) is 27.2 Å². The predicted molar refractivity (Wildman–Crippen MR) is 144 cm³/mol. The first-order valence-electron chi connectivity index (χ1n) is 11.6. The molecule has 1 aliphatic heterocycles. The number of aryl methyl sites for hydroxylation is 1. The Morgan fingerprint density at radius 3 is 2.58 bits per heavy atom. The molecule has 38 heavy (non-hydrogen) atoms. The third kappa shape index (κ3) is 5.77. The van der Waals surface area contributed by atoms with Gasteiger partial charge in [0.15, 0.2) is 11.5 Å². The molecule has 2 N–H and O–H groups in total. The van der Waals surface area contributed by atoms with E-state index in [2.05, 4.69) is 15.8 Å². The van der Waals surface area contributed by atoms with Gasteiger partial charge in [-0.15, -0.1) is 0 Å². The van der Waals surface area contributed by atoms with E-state index in [4.69, 9.17) is 25.5 Å². The van der Waals surface area contributed by atoms with E-state index in [0.717, 1.165) is 11.1 Å². The Bertz CT molecular complexity index is 1560. The van der Waals surface area contributed by atoms with Gasteiger partial charge in [-0.2, -0.15) is 5.10 Å². The van der Waals surface area contributed by atoms with Crippen LogP contribution in [0.25, 0.3) is 17.4 Å². The molecule has 8 nitrogen and oxygen atoms in total. The number of furan rings is 1. The monoisotopic (exact) mass is 527 g/mol. The van der Waals surface area contributed by atoms with E-state index in [0.29, 0.717) is 39.2 Å². The van der Waals surface area contributed by atoms with Crippen LogP contribution in [0.3, 0.4) is 0 Å². The van der Waals surface area contributed by atoms with Crippen LogP contribution in [0.15, 0.2) is 94.1 Å². The van der Waals surface area contributed by atoms with Gasteiger partial charge in [-0.25, -0.2) is 5.43 Å². The number of ether oxygens (including phenoxy) is 2. The first-order valence-corrected chi connectivity index (χ1v) is 12.0. The highest BCUT2D eigenvalue weighted by atomic mass is 35.5. The van der Waals surface area contributed by atoms with Crippen molar-refractivity contribution in [2.45, 2.75) is 6.92 Å². The van der Waals surface area contributed by atoms with E-state index in [1.54, 1.807) is 60.7 Å². The fourth-order valence-corrected chi connectivity index (χ4v) is 3.83. The number of hydrogen-bond donors (Lipinski definition) is 2. The summed E-state index contributed by atoms with van der Waals surface area (Å²) in [6.07, 6.45) is 2.90. The molecule has 0 spiro atoms. The fraction of sp³-hybridized carbons (Fsp3) is 0.0690. The van der Waals surface area contributed by atoms with Crippen LogP contribution in [0, 0.1) is 6.92 Å². The molecular formula is C29H22ClN3O5. The van der Waals surface area contributed by atoms with Crippen molar-refractivity contribution in [2.75, 3.05) is 6.79 Å². The topological polar surface area (TPSA) is 102 Å². The molecule has 0 atom stereocenters. The number of amides is 2. The van der Waals surface area contributed by atoms with Crippen LogP contribution in [0.5, 0.6) is 11.5 Å². The van der Waals surface area contributed by atoms with E-state index < -0.39 is 11.8 Å². The molecule has 2 heterocycles. The van der Waals surface area contributed by atoms with Crippen LogP contribution >= 0.6 is 11.6 Å². The highest BCUT2D eigenvalue weighted by molar-refractivity contribution is 6.31. The smallest absolute Gasteiger partial charge is 0.287 e. The molecule has 2 amide bonds. The molecule has 4 aromatic rings. The second kappa shape index (κ2) is 11.1. The molecular weight excluding hydrogens is 506 g/mol. The normalized spacial score (nSPS) is 12.5. The maximum absolute atomic E-state index is 13.0. The minimum Gasteiger partial charge on any atom is -0.455 e. The van der Waals surface area contributed by atoms with Gasteiger partial charge in [-0.05, 0) is 66.6 Å². The highest BCUT2D eigenvalue weighted by Gasteiger charge is 2.17. The van der Waals surface area contributed by atoms with E-state index in [1.165, 1.54) is 12.3 Å². The number of fused-ring (bicyclic) bond motifs is 1. The molecule has 0 unspecified atom stereocenters. The number of benzene rings is 3. The molecule has 9 heteroatoms. The summed E-state index contributed by atoms with van der Waals surface area (Å²) >= 11 is 6.22. The van der Waals surface area contributed by atoms with E-state index in [-0.39, 0.29) is 12.5 Å². The Hall–Kier alpha value is -4.82. The minimum absolute atomic E-state index is 0.00991. The summed E-state index contributed by atoms with van der Waals surface area (Å²) in [7, 11) is 0. The van der Waals surface area contributed by atoms with Gasteiger partial charge in [-0.3, -0.25) is 9.59 Å². The van der Waals surface area contributed by atoms with Crippen molar-refractivity contribution in [3.05, 3.63) is 112 Å². The average Bonchev–Trinajstić information content (AvgIpc) is 3.60. The first-order chi connectivity index (χ1) is 18.5. The van der Waals surface area contributed by atoms with Gasteiger partial charge in [0.1, 0.15) is 17.2 Å². The Labute approximate surface area is 223 Å².